The molecular formula is C11H12O2. The molecule has 0 spiro atoms. The summed E-state index contributed by atoms with van der Waals surface area (Å²) >= 11 is 0. The lowest BCUT2D eigenvalue weighted by molar-refractivity contribution is -0.135. The van der Waals surface area contributed by atoms with Gasteiger partial charge in [-0.25, -0.2) is 0 Å². The van der Waals surface area contributed by atoms with Gasteiger partial charge in [-0.15, -0.1) is 0 Å². The first kappa shape index (κ1) is 9.52. The smallest absolute Gasteiger partial charge is 0.307 e. The highest BCUT2D eigenvalue weighted by Gasteiger charge is 1.92. The first-order valence-corrected chi connectivity index (χ1v) is 4.14. The van der Waals surface area contributed by atoms with Crippen molar-refractivity contribution < 1.29 is 9.90 Å². The van der Waals surface area contributed by atoms with Crippen molar-refractivity contribution in [1.29, 1.82) is 0 Å². The molecule has 1 aromatic rings. The highest BCUT2D eigenvalue weighted by molar-refractivity contribution is 5.70. The molecule has 13 heavy (non-hydrogen) atoms. The zero-order valence-corrected chi connectivity index (χ0v) is 7.53. The minimum Gasteiger partial charge on any atom is -0.481 e. The van der Waals surface area contributed by atoms with Gasteiger partial charge in [0.15, 0.2) is 0 Å². The minimum atomic E-state index is -0.801. The van der Waals surface area contributed by atoms with Gasteiger partial charge in [-0.05, 0) is 18.1 Å². The van der Waals surface area contributed by atoms with Crippen LogP contribution in [0.3, 0.4) is 0 Å². The van der Waals surface area contributed by atoms with Crippen molar-refractivity contribution in [2.24, 2.45) is 0 Å². The fourth-order valence-electron chi connectivity index (χ4n) is 1.06. The van der Waals surface area contributed by atoms with Crippen LogP contribution in [0.15, 0.2) is 30.3 Å². The summed E-state index contributed by atoms with van der Waals surface area (Å²) in [6.07, 6.45) is 3.57. The molecule has 2 heteroatoms. The number of hydrogen-bond donors (Lipinski definition) is 1. The van der Waals surface area contributed by atoms with Gasteiger partial charge in [0, 0.05) is 0 Å². The van der Waals surface area contributed by atoms with Gasteiger partial charge >= 0.3 is 5.97 Å². The highest BCUT2D eigenvalue weighted by Crippen LogP contribution is 2.08. The van der Waals surface area contributed by atoms with Crippen LogP contribution in [-0.2, 0) is 4.79 Å². The molecule has 0 aliphatic rings. The maximum atomic E-state index is 10.2. The maximum absolute atomic E-state index is 10.2. The summed E-state index contributed by atoms with van der Waals surface area (Å²) in [6.45, 7) is 2.00. The van der Waals surface area contributed by atoms with E-state index in [-0.39, 0.29) is 6.42 Å². The molecule has 0 unspecified atom stereocenters. The lowest BCUT2D eigenvalue weighted by Gasteiger charge is -1.97. The van der Waals surface area contributed by atoms with E-state index in [2.05, 4.69) is 0 Å². The van der Waals surface area contributed by atoms with Crippen LogP contribution >= 0.6 is 0 Å². The molecule has 0 aliphatic heterocycles. The van der Waals surface area contributed by atoms with Gasteiger partial charge in [0.25, 0.3) is 0 Å². The second-order valence-corrected chi connectivity index (χ2v) is 2.86. The van der Waals surface area contributed by atoms with Crippen molar-refractivity contribution in [2.45, 2.75) is 13.3 Å². The molecule has 0 aliphatic carbocycles. The summed E-state index contributed by atoms with van der Waals surface area (Å²) in [7, 11) is 0. The van der Waals surface area contributed by atoms with Gasteiger partial charge < -0.3 is 5.11 Å². The standard InChI is InChI=1S/C11H12O2/c1-9-5-2-3-6-10(9)7-4-8-11(12)13/h2-7H,8H2,1H3,(H,12,13)/b7-4+. The van der Waals surface area contributed by atoms with E-state index in [1.54, 1.807) is 6.08 Å². The van der Waals surface area contributed by atoms with Crippen molar-refractivity contribution in [3.8, 4) is 0 Å². The number of carboxylic acids is 1. The molecule has 0 saturated carbocycles. The predicted molar refractivity (Wildman–Crippen MR) is 52.5 cm³/mol. The molecule has 0 fully saturated rings. The molecular weight excluding hydrogens is 164 g/mol. The minimum absolute atomic E-state index is 0.0777. The Morgan fingerprint density at radius 1 is 1.46 bits per heavy atom. The maximum Gasteiger partial charge on any atom is 0.307 e. The Kier molecular flexibility index (Phi) is 3.26. The Bertz CT molecular complexity index is 327. The highest BCUT2D eigenvalue weighted by atomic mass is 16.4. The molecule has 0 aromatic heterocycles. The van der Waals surface area contributed by atoms with Crippen LogP contribution in [0.5, 0.6) is 0 Å². The first-order chi connectivity index (χ1) is 6.20. The van der Waals surface area contributed by atoms with Gasteiger partial charge in [0.05, 0.1) is 6.42 Å². The first-order valence-electron chi connectivity index (χ1n) is 4.14. The predicted octanol–water partition coefficient (Wildman–Crippen LogP) is 2.48. The monoisotopic (exact) mass is 176 g/mol. The fraction of sp³-hybridized carbons (Fsp3) is 0.182. The number of carbonyl (C=O) groups is 1. The molecule has 0 saturated heterocycles. The summed E-state index contributed by atoms with van der Waals surface area (Å²) in [5, 5.41) is 8.41. The second kappa shape index (κ2) is 4.45. The van der Waals surface area contributed by atoms with E-state index in [1.165, 1.54) is 0 Å². The second-order valence-electron chi connectivity index (χ2n) is 2.86. The Morgan fingerprint density at radius 2 is 2.15 bits per heavy atom. The van der Waals surface area contributed by atoms with E-state index in [1.807, 2.05) is 37.3 Å². The van der Waals surface area contributed by atoms with Crippen molar-refractivity contribution >= 4 is 12.0 Å². The summed E-state index contributed by atoms with van der Waals surface area (Å²) in [6, 6.07) is 7.87. The summed E-state index contributed by atoms with van der Waals surface area (Å²) in [5.41, 5.74) is 2.23. The van der Waals surface area contributed by atoms with Crippen LogP contribution in [0.2, 0.25) is 0 Å². The SMILES string of the molecule is Cc1ccccc1/C=C/CC(=O)O. The number of aliphatic carboxylic acids is 1. The van der Waals surface area contributed by atoms with Gasteiger partial charge in [-0.1, -0.05) is 36.4 Å². The van der Waals surface area contributed by atoms with Gasteiger partial charge in [-0.2, -0.15) is 0 Å². The normalized spacial score (nSPS) is 10.5. The molecule has 1 rings (SSSR count). The number of benzene rings is 1. The van der Waals surface area contributed by atoms with Crippen LogP contribution in [0.1, 0.15) is 17.5 Å². The number of aryl methyl sites for hydroxylation is 1. The summed E-state index contributed by atoms with van der Waals surface area (Å²) < 4.78 is 0. The fourth-order valence-corrected chi connectivity index (χ4v) is 1.06. The van der Waals surface area contributed by atoms with Gasteiger partial charge in [0.1, 0.15) is 0 Å². The molecule has 68 valence electrons. The third-order valence-electron chi connectivity index (χ3n) is 1.78. The van der Waals surface area contributed by atoms with E-state index in [4.69, 9.17) is 5.11 Å². The molecule has 1 N–H and O–H groups in total. The summed E-state index contributed by atoms with van der Waals surface area (Å²) in [4.78, 5) is 10.2. The molecule has 0 amide bonds. The number of hydrogen-bond acceptors (Lipinski definition) is 1. The Morgan fingerprint density at radius 3 is 2.77 bits per heavy atom. The number of carboxylic acid groups (broad SMARTS) is 1. The quantitative estimate of drug-likeness (QED) is 0.768. The van der Waals surface area contributed by atoms with E-state index in [9.17, 15) is 4.79 Å². The molecule has 2 nitrogen and oxygen atoms in total. The van der Waals surface area contributed by atoms with Crippen molar-refractivity contribution in [3.63, 3.8) is 0 Å². The molecule has 0 radical (unpaired) electrons. The lowest BCUT2D eigenvalue weighted by atomic mass is 10.1. The molecule has 0 atom stereocenters. The van der Waals surface area contributed by atoms with Crippen LogP contribution < -0.4 is 0 Å². The van der Waals surface area contributed by atoms with E-state index in [0.717, 1.165) is 11.1 Å². The van der Waals surface area contributed by atoms with Crippen molar-refractivity contribution in [3.05, 3.63) is 41.5 Å². The van der Waals surface area contributed by atoms with Crippen LogP contribution in [-0.4, -0.2) is 11.1 Å². The summed E-state index contributed by atoms with van der Waals surface area (Å²) in [5.74, 6) is -0.801. The van der Waals surface area contributed by atoms with Gasteiger partial charge in [0.2, 0.25) is 0 Å². The lowest BCUT2D eigenvalue weighted by Crippen LogP contribution is -1.89. The van der Waals surface area contributed by atoms with Crippen molar-refractivity contribution in [2.75, 3.05) is 0 Å². The average Bonchev–Trinajstić information content (AvgIpc) is 2.08. The molecule has 0 bridgehead atoms. The van der Waals surface area contributed by atoms with E-state index >= 15 is 0 Å². The third kappa shape index (κ3) is 3.11. The van der Waals surface area contributed by atoms with Crippen LogP contribution in [0, 0.1) is 6.92 Å². The average molecular weight is 176 g/mol. The largest absolute Gasteiger partial charge is 0.481 e. The number of rotatable bonds is 3. The van der Waals surface area contributed by atoms with E-state index < -0.39 is 5.97 Å². The Balaban J connectivity index is 2.68. The van der Waals surface area contributed by atoms with Gasteiger partial charge in [-0.3, -0.25) is 4.79 Å². The van der Waals surface area contributed by atoms with Crippen molar-refractivity contribution in [1.82, 2.24) is 0 Å². The van der Waals surface area contributed by atoms with Crippen LogP contribution in [0.25, 0.3) is 6.08 Å². The topological polar surface area (TPSA) is 37.3 Å². The third-order valence-corrected chi connectivity index (χ3v) is 1.78. The van der Waals surface area contributed by atoms with Crippen LogP contribution in [0.4, 0.5) is 0 Å². The molecule has 0 heterocycles. The zero-order valence-electron chi connectivity index (χ0n) is 7.53. The Labute approximate surface area is 77.5 Å². The zero-order chi connectivity index (χ0) is 9.68. The molecule has 1 aromatic carbocycles. The van der Waals surface area contributed by atoms with E-state index in [0.29, 0.717) is 0 Å². The Hall–Kier alpha value is -1.57.